The zero-order valence-corrected chi connectivity index (χ0v) is 16.8. The van der Waals surface area contributed by atoms with Crippen molar-refractivity contribution in [2.45, 2.75) is 20.4 Å². The van der Waals surface area contributed by atoms with Gasteiger partial charge in [-0.3, -0.25) is 0 Å². The van der Waals surface area contributed by atoms with Gasteiger partial charge >= 0.3 is 0 Å². The number of pyridine rings is 3. The second-order valence-corrected chi connectivity index (χ2v) is 7.73. The smallest absolute Gasteiger partial charge is 0.194 e. The van der Waals surface area contributed by atoms with Crippen LogP contribution in [-0.4, -0.2) is 0 Å². The minimum Gasteiger partial charge on any atom is -0.194 e. The largest absolute Gasteiger partial charge is 0.218 e. The van der Waals surface area contributed by atoms with Crippen LogP contribution < -0.4 is 8.97 Å². The van der Waals surface area contributed by atoms with Gasteiger partial charge in [0.15, 0.2) is 25.1 Å². The second-order valence-electron chi connectivity index (χ2n) is 7.73. The van der Waals surface area contributed by atoms with Crippen LogP contribution in [0, 0.1) is 13.8 Å². The summed E-state index contributed by atoms with van der Waals surface area (Å²) in [5.41, 5.74) is 7.66. The highest BCUT2D eigenvalue weighted by atomic mass is 15.0. The molecule has 5 rings (SSSR count). The highest BCUT2D eigenvalue weighted by molar-refractivity contribution is 5.95. The molecule has 3 heterocycles. The first-order chi connectivity index (χ1) is 14.2. The van der Waals surface area contributed by atoms with E-state index in [0.717, 1.165) is 6.54 Å². The van der Waals surface area contributed by atoms with Gasteiger partial charge in [-0.05, 0) is 43.7 Å². The number of benzene rings is 2. The molecule has 0 radical (unpaired) electrons. The number of hydrogen-bond donors (Lipinski definition) is 0. The Morgan fingerprint density at radius 1 is 0.724 bits per heavy atom. The molecule has 0 saturated carbocycles. The molecule has 0 saturated heterocycles. The third-order valence-electron chi connectivity index (χ3n) is 5.68. The molecule has 140 valence electrons. The topological polar surface area (TPSA) is 7.98 Å². The molecule has 3 aromatic heterocycles. The molecule has 2 aromatic carbocycles. The van der Waals surface area contributed by atoms with Gasteiger partial charge < -0.3 is 0 Å². The lowest BCUT2D eigenvalue weighted by atomic mass is 10.0. The number of aromatic nitrogens is 2. The van der Waals surface area contributed by atoms with E-state index in [9.17, 15) is 0 Å². The van der Waals surface area contributed by atoms with Crippen LogP contribution in [0.15, 0.2) is 97.5 Å². The minimum absolute atomic E-state index is 0.822. The average molecular weight is 377 g/mol. The Labute approximate surface area is 171 Å². The van der Waals surface area contributed by atoms with Crippen LogP contribution in [0.3, 0.4) is 0 Å². The molecule has 0 atom stereocenters. The lowest BCUT2D eigenvalue weighted by Gasteiger charge is -2.09. The number of aryl methyl sites for hydroxylation is 2. The molecule has 0 N–H and O–H groups in total. The molecule has 0 bridgehead atoms. The van der Waals surface area contributed by atoms with Gasteiger partial charge in [-0.15, -0.1) is 0 Å². The fraction of sp³-hybridized carbons (Fsp3) is 0.111. The maximum Gasteiger partial charge on any atom is 0.218 e. The highest BCUT2D eigenvalue weighted by Crippen LogP contribution is 2.24. The van der Waals surface area contributed by atoms with Gasteiger partial charge in [0.1, 0.15) is 0 Å². The Bertz CT molecular complexity index is 1350. The van der Waals surface area contributed by atoms with Crippen LogP contribution in [0.25, 0.3) is 27.5 Å². The molecule has 0 aliphatic heterocycles. The van der Waals surface area contributed by atoms with Crippen molar-refractivity contribution in [1.82, 2.24) is 0 Å². The summed E-state index contributed by atoms with van der Waals surface area (Å²) in [6.45, 7) is 5.17. The van der Waals surface area contributed by atoms with E-state index >= 15 is 0 Å². The van der Waals surface area contributed by atoms with Gasteiger partial charge in [-0.25, -0.2) is 0 Å². The van der Waals surface area contributed by atoms with Gasteiger partial charge in [-0.1, -0.05) is 35.9 Å². The number of fused-ring (bicyclic) bond motifs is 3. The standard InChI is InChI=1S/C27H24N2/c1-20-13-14-24-25(17-20)22(19-29-16-8-6-12-27(24)29)18-28-15-7-5-11-26(28)23-10-4-3-9-21(23)2/h3-17,19H,18H2,1-2H3/q+2. The van der Waals surface area contributed by atoms with Crippen molar-refractivity contribution in [3.8, 4) is 11.3 Å². The van der Waals surface area contributed by atoms with Crippen LogP contribution in [-0.2, 0) is 6.54 Å². The van der Waals surface area contributed by atoms with Gasteiger partial charge in [0.25, 0.3) is 0 Å². The maximum absolute atomic E-state index is 2.36. The van der Waals surface area contributed by atoms with E-state index in [2.05, 4.69) is 120 Å². The first-order valence-corrected chi connectivity index (χ1v) is 10.1. The van der Waals surface area contributed by atoms with Crippen molar-refractivity contribution in [2.24, 2.45) is 0 Å². The molecule has 5 aromatic rings. The minimum atomic E-state index is 0.822. The molecule has 0 amide bonds. The summed E-state index contributed by atoms with van der Waals surface area (Å²) in [6.07, 6.45) is 6.60. The quantitative estimate of drug-likeness (QED) is 0.302. The van der Waals surface area contributed by atoms with Crippen molar-refractivity contribution < 1.29 is 8.97 Å². The molecule has 29 heavy (non-hydrogen) atoms. The van der Waals surface area contributed by atoms with Gasteiger partial charge in [0.2, 0.25) is 11.2 Å². The summed E-state index contributed by atoms with van der Waals surface area (Å²) < 4.78 is 4.60. The van der Waals surface area contributed by atoms with E-state index in [0.29, 0.717) is 0 Å². The summed E-state index contributed by atoms with van der Waals surface area (Å²) in [5.74, 6) is 0. The SMILES string of the molecule is Cc1ccc2c(c1)c(C[n+]1ccccc1-c1ccccc1C)c[n+]1ccccc21. The average Bonchev–Trinajstić information content (AvgIpc) is 2.75. The van der Waals surface area contributed by atoms with E-state index in [4.69, 9.17) is 0 Å². The zero-order valence-electron chi connectivity index (χ0n) is 16.8. The summed E-state index contributed by atoms with van der Waals surface area (Å²) >= 11 is 0. The van der Waals surface area contributed by atoms with Crippen LogP contribution in [0.1, 0.15) is 16.7 Å². The van der Waals surface area contributed by atoms with E-state index < -0.39 is 0 Å². The van der Waals surface area contributed by atoms with Crippen molar-refractivity contribution >= 4 is 16.3 Å². The van der Waals surface area contributed by atoms with Crippen molar-refractivity contribution in [1.29, 1.82) is 0 Å². The summed E-state index contributed by atoms with van der Waals surface area (Å²) in [5, 5.41) is 2.62. The lowest BCUT2D eigenvalue weighted by Crippen LogP contribution is -2.37. The van der Waals surface area contributed by atoms with Crippen LogP contribution in [0.4, 0.5) is 0 Å². The fourth-order valence-electron chi connectivity index (χ4n) is 4.21. The van der Waals surface area contributed by atoms with Crippen LogP contribution >= 0.6 is 0 Å². The third-order valence-corrected chi connectivity index (χ3v) is 5.68. The van der Waals surface area contributed by atoms with Crippen molar-refractivity contribution in [3.63, 3.8) is 0 Å². The Morgan fingerprint density at radius 3 is 2.41 bits per heavy atom. The Morgan fingerprint density at radius 2 is 1.52 bits per heavy atom. The second kappa shape index (κ2) is 7.14. The summed E-state index contributed by atoms with van der Waals surface area (Å²) in [6, 6.07) is 28.2. The first-order valence-electron chi connectivity index (χ1n) is 10.1. The highest BCUT2D eigenvalue weighted by Gasteiger charge is 2.19. The number of nitrogens with zero attached hydrogens (tertiary/aromatic N) is 2. The fourth-order valence-corrected chi connectivity index (χ4v) is 4.21. The molecule has 0 aliphatic carbocycles. The third kappa shape index (κ3) is 3.17. The molecule has 0 fully saturated rings. The van der Waals surface area contributed by atoms with E-state index in [1.807, 2.05) is 0 Å². The predicted octanol–water partition coefficient (Wildman–Crippen LogP) is 5.20. The molecular formula is C27H24N2+2. The molecule has 0 aliphatic rings. The van der Waals surface area contributed by atoms with Crippen LogP contribution in [0.5, 0.6) is 0 Å². The molecule has 2 nitrogen and oxygen atoms in total. The maximum atomic E-state index is 2.36. The van der Waals surface area contributed by atoms with Crippen molar-refractivity contribution in [2.75, 3.05) is 0 Å². The van der Waals surface area contributed by atoms with Crippen LogP contribution in [0.2, 0.25) is 0 Å². The summed E-state index contributed by atoms with van der Waals surface area (Å²) in [4.78, 5) is 0. The number of rotatable bonds is 3. The van der Waals surface area contributed by atoms with Gasteiger partial charge in [-0.2, -0.15) is 8.97 Å². The number of hydrogen-bond acceptors (Lipinski definition) is 0. The molecule has 0 spiro atoms. The molecule has 0 unspecified atom stereocenters. The lowest BCUT2D eigenvalue weighted by molar-refractivity contribution is -0.678. The van der Waals surface area contributed by atoms with E-state index in [1.165, 1.54) is 44.2 Å². The monoisotopic (exact) mass is 376 g/mol. The van der Waals surface area contributed by atoms with Gasteiger partial charge in [0, 0.05) is 35.2 Å². The zero-order chi connectivity index (χ0) is 19.8. The predicted molar refractivity (Wildman–Crippen MR) is 118 cm³/mol. The molecular weight excluding hydrogens is 352 g/mol. The van der Waals surface area contributed by atoms with Crippen molar-refractivity contribution in [3.05, 3.63) is 114 Å². The van der Waals surface area contributed by atoms with Gasteiger partial charge in [0.05, 0.1) is 10.9 Å². The Balaban J connectivity index is 1.72. The normalized spacial score (nSPS) is 11.2. The molecule has 2 heteroatoms. The van der Waals surface area contributed by atoms with E-state index in [-0.39, 0.29) is 0 Å². The Hall–Kier alpha value is -3.52. The summed E-state index contributed by atoms with van der Waals surface area (Å²) in [7, 11) is 0. The first kappa shape index (κ1) is 17.6. The Kier molecular flexibility index (Phi) is 4.33. The van der Waals surface area contributed by atoms with E-state index in [1.54, 1.807) is 0 Å².